The number of imide groups is 1. The Bertz CT molecular complexity index is 584. The molecule has 2 N–H and O–H groups in total. The summed E-state index contributed by atoms with van der Waals surface area (Å²) in [4.78, 5) is 25.9. The van der Waals surface area contributed by atoms with Crippen LogP contribution in [0, 0.1) is 0 Å². The summed E-state index contributed by atoms with van der Waals surface area (Å²) in [5.74, 6) is 0.617. The molecule has 2 aliphatic rings. The maximum Gasteiger partial charge on any atom is 0.321 e. The van der Waals surface area contributed by atoms with Crippen molar-refractivity contribution in [1.29, 1.82) is 0 Å². The van der Waals surface area contributed by atoms with Crippen molar-refractivity contribution >= 4 is 11.9 Å². The van der Waals surface area contributed by atoms with Gasteiger partial charge < -0.3 is 10.1 Å². The molecular weight excluding hydrogens is 306 g/mol. The molecule has 1 unspecified atom stereocenters. The van der Waals surface area contributed by atoms with Crippen molar-refractivity contribution in [3.8, 4) is 5.75 Å². The number of hydrogen-bond donors (Lipinski definition) is 2. The molecule has 1 aromatic carbocycles. The van der Waals surface area contributed by atoms with Gasteiger partial charge >= 0.3 is 6.03 Å². The molecule has 0 radical (unpaired) electrons. The van der Waals surface area contributed by atoms with Crippen LogP contribution < -0.4 is 15.4 Å². The minimum Gasteiger partial charge on any atom is -0.494 e. The van der Waals surface area contributed by atoms with Gasteiger partial charge in [-0.25, -0.2) is 4.79 Å². The minimum atomic E-state index is -0.376. The summed E-state index contributed by atoms with van der Waals surface area (Å²) in [5.41, 5.74) is 1.19. The van der Waals surface area contributed by atoms with E-state index in [-0.39, 0.29) is 30.6 Å². The van der Waals surface area contributed by atoms with Gasteiger partial charge in [-0.3, -0.25) is 15.0 Å². The molecule has 130 valence electrons. The number of rotatable bonds is 6. The van der Waals surface area contributed by atoms with E-state index in [2.05, 4.69) is 27.7 Å². The van der Waals surface area contributed by atoms with E-state index in [1.54, 1.807) is 0 Å². The van der Waals surface area contributed by atoms with Crippen LogP contribution in [0.4, 0.5) is 4.79 Å². The van der Waals surface area contributed by atoms with Crippen molar-refractivity contribution in [3.05, 3.63) is 29.8 Å². The Labute approximate surface area is 142 Å². The number of likely N-dealkylation sites (tertiary alicyclic amines) is 1. The molecule has 1 saturated heterocycles. The van der Waals surface area contributed by atoms with Gasteiger partial charge in [0.2, 0.25) is 5.91 Å². The number of carbonyl (C=O) groups is 2. The van der Waals surface area contributed by atoms with E-state index in [9.17, 15) is 9.59 Å². The smallest absolute Gasteiger partial charge is 0.321 e. The average Bonchev–Trinajstić information content (AvgIpc) is 3.24. The Morgan fingerprint density at radius 1 is 1.21 bits per heavy atom. The van der Waals surface area contributed by atoms with Crippen LogP contribution in [0.3, 0.4) is 0 Å². The standard InChI is InChI=1S/C18H25N3O3/c1-2-24-15-9-5-13(6-10-15)16-4-3-11-21(16)12-17(22)20-18(23)19-14-7-8-14/h5-6,9-10,14,16H,2-4,7-8,11-12H2,1H3,(H2,19,20,22,23). The number of urea groups is 1. The van der Waals surface area contributed by atoms with Crippen LogP contribution in [0.2, 0.25) is 0 Å². The fraction of sp³-hybridized carbons (Fsp3) is 0.556. The highest BCUT2D eigenvalue weighted by Crippen LogP contribution is 2.32. The third kappa shape index (κ3) is 4.47. The van der Waals surface area contributed by atoms with E-state index >= 15 is 0 Å². The highest BCUT2D eigenvalue weighted by Gasteiger charge is 2.29. The molecule has 24 heavy (non-hydrogen) atoms. The zero-order valence-electron chi connectivity index (χ0n) is 14.1. The molecule has 1 heterocycles. The predicted molar refractivity (Wildman–Crippen MR) is 90.9 cm³/mol. The Balaban J connectivity index is 1.54. The molecular formula is C18H25N3O3. The van der Waals surface area contributed by atoms with Crippen LogP contribution in [0.15, 0.2) is 24.3 Å². The molecule has 1 atom stereocenters. The van der Waals surface area contributed by atoms with Crippen LogP contribution in [-0.4, -0.2) is 42.6 Å². The van der Waals surface area contributed by atoms with Gasteiger partial charge in [0.15, 0.2) is 0 Å². The van der Waals surface area contributed by atoms with Crippen molar-refractivity contribution < 1.29 is 14.3 Å². The summed E-state index contributed by atoms with van der Waals surface area (Å²) >= 11 is 0. The van der Waals surface area contributed by atoms with Crippen LogP contribution in [-0.2, 0) is 4.79 Å². The molecule has 1 aliphatic heterocycles. The largest absolute Gasteiger partial charge is 0.494 e. The zero-order valence-corrected chi connectivity index (χ0v) is 14.1. The van der Waals surface area contributed by atoms with Crippen molar-refractivity contribution in [2.75, 3.05) is 19.7 Å². The van der Waals surface area contributed by atoms with Gasteiger partial charge in [0.05, 0.1) is 13.2 Å². The predicted octanol–water partition coefficient (Wildman–Crippen LogP) is 2.21. The Morgan fingerprint density at radius 3 is 2.62 bits per heavy atom. The van der Waals surface area contributed by atoms with Crippen LogP contribution in [0.1, 0.15) is 44.2 Å². The maximum absolute atomic E-state index is 12.1. The number of benzene rings is 1. The first-order valence-corrected chi connectivity index (χ1v) is 8.73. The summed E-state index contributed by atoms with van der Waals surface area (Å²) in [7, 11) is 0. The van der Waals surface area contributed by atoms with Gasteiger partial charge in [-0.2, -0.15) is 0 Å². The average molecular weight is 331 g/mol. The molecule has 3 amide bonds. The Kier molecular flexibility index (Phi) is 5.35. The van der Waals surface area contributed by atoms with E-state index in [4.69, 9.17) is 4.74 Å². The van der Waals surface area contributed by atoms with E-state index in [0.717, 1.165) is 38.0 Å². The van der Waals surface area contributed by atoms with Gasteiger partial charge in [-0.1, -0.05) is 12.1 Å². The van der Waals surface area contributed by atoms with Crippen LogP contribution in [0.25, 0.3) is 0 Å². The minimum absolute atomic E-state index is 0.220. The first-order chi connectivity index (χ1) is 11.7. The molecule has 0 spiro atoms. The van der Waals surface area contributed by atoms with E-state index in [0.29, 0.717) is 6.61 Å². The maximum atomic E-state index is 12.1. The first-order valence-electron chi connectivity index (χ1n) is 8.73. The van der Waals surface area contributed by atoms with E-state index < -0.39 is 0 Å². The summed E-state index contributed by atoms with van der Waals surface area (Å²) in [6.07, 6.45) is 4.09. The molecule has 6 heteroatoms. The quantitative estimate of drug-likeness (QED) is 0.838. The van der Waals surface area contributed by atoms with Gasteiger partial charge in [-0.05, 0) is 56.8 Å². The fourth-order valence-corrected chi connectivity index (χ4v) is 3.15. The third-order valence-corrected chi connectivity index (χ3v) is 4.45. The third-order valence-electron chi connectivity index (χ3n) is 4.45. The molecule has 2 fully saturated rings. The first kappa shape index (κ1) is 16.8. The fourth-order valence-electron chi connectivity index (χ4n) is 3.15. The highest BCUT2D eigenvalue weighted by atomic mass is 16.5. The van der Waals surface area contributed by atoms with Crippen LogP contribution in [0.5, 0.6) is 5.75 Å². The Morgan fingerprint density at radius 2 is 1.96 bits per heavy atom. The molecule has 1 aliphatic carbocycles. The Hall–Kier alpha value is -2.08. The van der Waals surface area contributed by atoms with E-state index in [1.807, 2.05) is 19.1 Å². The van der Waals surface area contributed by atoms with Crippen molar-refractivity contribution in [2.45, 2.75) is 44.7 Å². The second kappa shape index (κ2) is 7.66. The topological polar surface area (TPSA) is 70.7 Å². The number of ether oxygens (including phenoxy) is 1. The molecule has 6 nitrogen and oxygen atoms in total. The summed E-state index contributed by atoms with van der Waals surface area (Å²) in [5, 5.41) is 5.19. The second-order valence-corrected chi connectivity index (χ2v) is 6.43. The summed E-state index contributed by atoms with van der Waals surface area (Å²) in [6, 6.07) is 8.16. The molecule has 0 bridgehead atoms. The van der Waals surface area contributed by atoms with Gasteiger partial charge in [-0.15, -0.1) is 0 Å². The molecule has 3 rings (SSSR count). The van der Waals surface area contributed by atoms with E-state index in [1.165, 1.54) is 5.56 Å². The van der Waals surface area contributed by atoms with Gasteiger partial charge in [0.25, 0.3) is 0 Å². The van der Waals surface area contributed by atoms with Crippen LogP contribution >= 0.6 is 0 Å². The normalized spacial score (nSPS) is 20.6. The van der Waals surface area contributed by atoms with Crippen molar-refractivity contribution in [1.82, 2.24) is 15.5 Å². The second-order valence-electron chi connectivity index (χ2n) is 6.43. The lowest BCUT2D eigenvalue weighted by atomic mass is 10.0. The number of carbonyl (C=O) groups excluding carboxylic acids is 2. The van der Waals surface area contributed by atoms with Gasteiger partial charge in [0, 0.05) is 12.1 Å². The lowest BCUT2D eigenvalue weighted by molar-refractivity contribution is -0.121. The number of nitrogens with zero attached hydrogens (tertiary/aromatic N) is 1. The highest BCUT2D eigenvalue weighted by molar-refractivity contribution is 5.95. The SMILES string of the molecule is CCOc1ccc(C2CCCN2CC(=O)NC(=O)NC2CC2)cc1. The molecule has 0 aromatic heterocycles. The van der Waals surface area contributed by atoms with Crippen molar-refractivity contribution in [2.24, 2.45) is 0 Å². The lowest BCUT2D eigenvalue weighted by Crippen LogP contribution is -2.45. The number of hydrogen-bond acceptors (Lipinski definition) is 4. The monoisotopic (exact) mass is 331 g/mol. The molecule has 1 saturated carbocycles. The zero-order chi connectivity index (χ0) is 16.9. The summed E-state index contributed by atoms with van der Waals surface area (Å²) < 4.78 is 5.47. The number of amides is 3. The molecule has 1 aromatic rings. The van der Waals surface area contributed by atoms with Crippen molar-refractivity contribution in [3.63, 3.8) is 0 Å². The lowest BCUT2D eigenvalue weighted by Gasteiger charge is -2.24. The number of nitrogens with one attached hydrogen (secondary N) is 2. The van der Waals surface area contributed by atoms with Gasteiger partial charge in [0.1, 0.15) is 5.75 Å². The summed E-state index contributed by atoms with van der Waals surface area (Å²) in [6.45, 7) is 3.73.